The molecule has 0 saturated carbocycles. The number of nitrogens with zero attached hydrogens (tertiary/aromatic N) is 1. The molecule has 0 spiro atoms. The minimum absolute atomic E-state index is 0.111. The average Bonchev–Trinajstić information content (AvgIpc) is 2.15. The highest BCUT2D eigenvalue weighted by Gasteiger charge is 2.07. The number of nitrogens with two attached hydrogens (primary N) is 1. The Morgan fingerprint density at radius 2 is 2.07 bits per heavy atom. The molecule has 84 valence electrons. The van der Waals surface area contributed by atoms with E-state index in [1.165, 1.54) is 6.07 Å². The molecule has 0 fully saturated rings. The summed E-state index contributed by atoms with van der Waals surface area (Å²) >= 11 is 0. The van der Waals surface area contributed by atoms with E-state index in [-0.39, 0.29) is 17.6 Å². The Labute approximate surface area is 89.6 Å². The Bertz CT molecular complexity index is 304. The van der Waals surface area contributed by atoms with Gasteiger partial charge in [0, 0.05) is 6.54 Å². The SMILES string of the molecule is CN(C)CC(N)COc1ccccc1F. The van der Waals surface area contributed by atoms with Crippen LogP contribution < -0.4 is 10.5 Å². The first-order chi connectivity index (χ1) is 7.09. The zero-order valence-electron chi connectivity index (χ0n) is 9.11. The highest BCUT2D eigenvalue weighted by molar-refractivity contribution is 5.23. The topological polar surface area (TPSA) is 38.5 Å². The van der Waals surface area contributed by atoms with Crippen molar-refractivity contribution in [3.8, 4) is 5.75 Å². The summed E-state index contributed by atoms with van der Waals surface area (Å²) in [6.07, 6.45) is 0. The number of hydrogen-bond donors (Lipinski definition) is 1. The van der Waals surface area contributed by atoms with Crippen molar-refractivity contribution in [2.45, 2.75) is 6.04 Å². The van der Waals surface area contributed by atoms with Gasteiger partial charge < -0.3 is 15.4 Å². The summed E-state index contributed by atoms with van der Waals surface area (Å²) in [7, 11) is 3.87. The Kier molecular flexibility index (Phi) is 4.52. The summed E-state index contributed by atoms with van der Waals surface area (Å²) in [6.45, 7) is 1.04. The molecule has 0 heterocycles. The monoisotopic (exact) mass is 212 g/mol. The fraction of sp³-hybridized carbons (Fsp3) is 0.455. The first-order valence-corrected chi connectivity index (χ1v) is 4.87. The third kappa shape index (κ3) is 4.27. The van der Waals surface area contributed by atoms with Gasteiger partial charge in [0.05, 0.1) is 6.04 Å². The summed E-state index contributed by atoms with van der Waals surface area (Å²) < 4.78 is 18.4. The van der Waals surface area contributed by atoms with Crippen molar-refractivity contribution >= 4 is 0 Å². The van der Waals surface area contributed by atoms with E-state index in [0.717, 1.165) is 0 Å². The average molecular weight is 212 g/mol. The van der Waals surface area contributed by atoms with E-state index in [4.69, 9.17) is 10.5 Å². The van der Waals surface area contributed by atoms with Gasteiger partial charge in [-0.05, 0) is 26.2 Å². The maximum atomic E-state index is 13.1. The summed E-state index contributed by atoms with van der Waals surface area (Å²) in [5, 5.41) is 0. The molecule has 0 aliphatic rings. The van der Waals surface area contributed by atoms with Crippen molar-refractivity contribution in [1.29, 1.82) is 0 Å². The second-order valence-corrected chi connectivity index (χ2v) is 3.76. The number of ether oxygens (including phenoxy) is 1. The molecule has 1 aromatic rings. The Hall–Kier alpha value is -1.13. The molecule has 0 radical (unpaired) electrons. The molecule has 0 aromatic heterocycles. The number of benzene rings is 1. The third-order valence-electron chi connectivity index (χ3n) is 1.89. The second-order valence-electron chi connectivity index (χ2n) is 3.76. The van der Waals surface area contributed by atoms with E-state index < -0.39 is 0 Å². The van der Waals surface area contributed by atoms with Crippen LogP contribution in [-0.2, 0) is 0 Å². The first kappa shape index (κ1) is 11.9. The van der Waals surface area contributed by atoms with Crippen LogP contribution >= 0.6 is 0 Å². The number of likely N-dealkylation sites (N-methyl/N-ethyl adjacent to an activating group) is 1. The van der Waals surface area contributed by atoms with E-state index in [1.807, 2.05) is 19.0 Å². The Balaban J connectivity index is 2.40. The van der Waals surface area contributed by atoms with Gasteiger partial charge in [0.15, 0.2) is 11.6 Å². The standard InChI is InChI=1S/C11H17FN2O/c1-14(2)7-9(13)8-15-11-6-4-3-5-10(11)12/h3-6,9H,7-8,13H2,1-2H3. The molecule has 0 amide bonds. The molecule has 0 aliphatic heterocycles. The summed E-state index contributed by atoms with van der Waals surface area (Å²) in [5.41, 5.74) is 5.78. The van der Waals surface area contributed by atoms with Crippen molar-refractivity contribution in [3.05, 3.63) is 30.1 Å². The van der Waals surface area contributed by atoms with Crippen LogP contribution in [0.15, 0.2) is 24.3 Å². The normalized spacial score (nSPS) is 12.9. The molecule has 2 N–H and O–H groups in total. The Morgan fingerprint density at radius 3 is 2.67 bits per heavy atom. The first-order valence-electron chi connectivity index (χ1n) is 4.87. The lowest BCUT2D eigenvalue weighted by atomic mass is 10.3. The van der Waals surface area contributed by atoms with E-state index in [2.05, 4.69) is 0 Å². The molecular weight excluding hydrogens is 195 g/mol. The van der Waals surface area contributed by atoms with Gasteiger partial charge in [-0.3, -0.25) is 0 Å². The molecule has 3 nitrogen and oxygen atoms in total. The fourth-order valence-electron chi connectivity index (χ4n) is 1.28. The molecule has 0 aliphatic carbocycles. The number of para-hydroxylation sites is 1. The van der Waals surface area contributed by atoms with Gasteiger partial charge >= 0.3 is 0 Å². The van der Waals surface area contributed by atoms with Crippen molar-refractivity contribution in [2.75, 3.05) is 27.2 Å². The minimum Gasteiger partial charge on any atom is -0.489 e. The van der Waals surface area contributed by atoms with Gasteiger partial charge in [-0.25, -0.2) is 4.39 Å². The van der Waals surface area contributed by atoms with Crippen LogP contribution in [0.2, 0.25) is 0 Å². The summed E-state index contributed by atoms with van der Waals surface area (Å²) in [6, 6.07) is 6.21. The number of rotatable bonds is 5. The van der Waals surface area contributed by atoms with Crippen LogP contribution in [0, 0.1) is 5.82 Å². The molecule has 0 saturated heterocycles. The van der Waals surface area contributed by atoms with Crippen LogP contribution in [0.5, 0.6) is 5.75 Å². The molecule has 1 aromatic carbocycles. The maximum Gasteiger partial charge on any atom is 0.165 e. The van der Waals surface area contributed by atoms with Crippen LogP contribution in [0.3, 0.4) is 0 Å². The maximum absolute atomic E-state index is 13.1. The second kappa shape index (κ2) is 5.68. The predicted molar refractivity (Wildman–Crippen MR) is 58.4 cm³/mol. The number of halogens is 1. The summed E-state index contributed by atoms with van der Waals surface area (Å²) in [4.78, 5) is 1.97. The summed E-state index contributed by atoms with van der Waals surface area (Å²) in [5.74, 6) is -0.0961. The lowest BCUT2D eigenvalue weighted by Crippen LogP contribution is -2.38. The zero-order valence-corrected chi connectivity index (χ0v) is 9.11. The van der Waals surface area contributed by atoms with Gasteiger partial charge in [0.1, 0.15) is 6.61 Å². The van der Waals surface area contributed by atoms with Crippen LogP contribution in [-0.4, -0.2) is 38.2 Å². The number of hydrogen-bond acceptors (Lipinski definition) is 3. The van der Waals surface area contributed by atoms with Gasteiger partial charge in [0.2, 0.25) is 0 Å². The smallest absolute Gasteiger partial charge is 0.165 e. The van der Waals surface area contributed by atoms with Gasteiger partial charge in [-0.2, -0.15) is 0 Å². The van der Waals surface area contributed by atoms with Crippen molar-refractivity contribution < 1.29 is 9.13 Å². The third-order valence-corrected chi connectivity index (χ3v) is 1.89. The lowest BCUT2D eigenvalue weighted by molar-refractivity contribution is 0.246. The van der Waals surface area contributed by atoms with Crippen LogP contribution in [0.25, 0.3) is 0 Å². The molecule has 15 heavy (non-hydrogen) atoms. The highest BCUT2D eigenvalue weighted by atomic mass is 19.1. The Morgan fingerprint density at radius 1 is 1.40 bits per heavy atom. The van der Waals surface area contributed by atoms with Gasteiger partial charge in [-0.15, -0.1) is 0 Å². The predicted octanol–water partition coefficient (Wildman–Crippen LogP) is 1.09. The van der Waals surface area contributed by atoms with E-state index in [0.29, 0.717) is 13.2 Å². The minimum atomic E-state index is -0.352. The molecule has 1 unspecified atom stereocenters. The zero-order chi connectivity index (χ0) is 11.3. The fourth-order valence-corrected chi connectivity index (χ4v) is 1.28. The quantitative estimate of drug-likeness (QED) is 0.794. The van der Waals surface area contributed by atoms with E-state index >= 15 is 0 Å². The van der Waals surface area contributed by atoms with E-state index in [1.54, 1.807) is 18.2 Å². The van der Waals surface area contributed by atoms with Crippen LogP contribution in [0.1, 0.15) is 0 Å². The molecule has 1 rings (SSSR count). The van der Waals surface area contributed by atoms with Gasteiger partial charge in [0.25, 0.3) is 0 Å². The molecular formula is C11H17FN2O. The van der Waals surface area contributed by atoms with Crippen molar-refractivity contribution in [1.82, 2.24) is 4.90 Å². The molecule has 1 atom stereocenters. The van der Waals surface area contributed by atoms with Crippen molar-refractivity contribution in [3.63, 3.8) is 0 Å². The van der Waals surface area contributed by atoms with Gasteiger partial charge in [-0.1, -0.05) is 12.1 Å². The largest absolute Gasteiger partial charge is 0.489 e. The van der Waals surface area contributed by atoms with Crippen LogP contribution in [0.4, 0.5) is 4.39 Å². The molecule has 0 bridgehead atoms. The van der Waals surface area contributed by atoms with E-state index in [9.17, 15) is 4.39 Å². The highest BCUT2D eigenvalue weighted by Crippen LogP contribution is 2.15. The van der Waals surface area contributed by atoms with Crippen molar-refractivity contribution in [2.24, 2.45) is 5.73 Å². The molecule has 4 heteroatoms. The lowest BCUT2D eigenvalue weighted by Gasteiger charge is -2.17.